The second kappa shape index (κ2) is 8.82. The Bertz CT molecular complexity index is 830. The molecular weight excluding hydrogens is 326 g/mol. The maximum Gasteiger partial charge on any atom is 0.244 e. The minimum atomic E-state index is -0.289. The van der Waals surface area contributed by atoms with Crippen LogP contribution in [0.25, 0.3) is 0 Å². The zero-order valence-corrected chi connectivity index (χ0v) is 15.4. The Morgan fingerprint density at radius 2 is 1.65 bits per heavy atom. The summed E-state index contributed by atoms with van der Waals surface area (Å²) in [7, 11) is 0. The van der Waals surface area contributed by atoms with Crippen molar-refractivity contribution in [3.8, 4) is 6.07 Å². The maximum absolute atomic E-state index is 12.6. The fraction of sp³-hybridized carbons (Fsp3) is 0.286. The van der Waals surface area contributed by atoms with Crippen molar-refractivity contribution in [1.82, 2.24) is 0 Å². The van der Waals surface area contributed by atoms with E-state index in [4.69, 9.17) is 0 Å². The minimum Gasteiger partial charge on any atom is -0.324 e. The van der Waals surface area contributed by atoms with Crippen molar-refractivity contribution in [1.29, 1.82) is 5.26 Å². The van der Waals surface area contributed by atoms with E-state index < -0.39 is 0 Å². The number of carbonyl (C=O) groups excluding carboxylic acids is 2. The summed E-state index contributed by atoms with van der Waals surface area (Å²) in [5, 5.41) is 12.2. The van der Waals surface area contributed by atoms with Crippen LogP contribution in [-0.2, 0) is 22.4 Å². The van der Waals surface area contributed by atoms with Gasteiger partial charge in [0.05, 0.1) is 11.3 Å². The van der Waals surface area contributed by atoms with Gasteiger partial charge in [-0.2, -0.15) is 5.26 Å². The van der Waals surface area contributed by atoms with Gasteiger partial charge >= 0.3 is 0 Å². The second-order valence-electron chi connectivity index (χ2n) is 5.94. The number of rotatable bonds is 6. The van der Waals surface area contributed by atoms with Crippen molar-refractivity contribution in [3.63, 3.8) is 0 Å². The van der Waals surface area contributed by atoms with Gasteiger partial charge in [-0.15, -0.1) is 0 Å². The average molecular weight is 349 g/mol. The predicted octanol–water partition coefficient (Wildman–Crippen LogP) is 3.67. The van der Waals surface area contributed by atoms with Gasteiger partial charge in [-0.1, -0.05) is 44.2 Å². The van der Waals surface area contributed by atoms with E-state index in [-0.39, 0.29) is 18.4 Å². The molecule has 0 saturated heterocycles. The summed E-state index contributed by atoms with van der Waals surface area (Å²) in [6.45, 7) is 5.32. The van der Waals surface area contributed by atoms with Gasteiger partial charge < -0.3 is 10.2 Å². The Labute approximate surface area is 154 Å². The van der Waals surface area contributed by atoms with Gasteiger partial charge in [0, 0.05) is 12.6 Å². The van der Waals surface area contributed by atoms with Gasteiger partial charge in [-0.25, -0.2) is 0 Å². The van der Waals surface area contributed by atoms with Crippen LogP contribution in [0.5, 0.6) is 0 Å². The molecule has 0 aliphatic rings. The molecule has 0 spiro atoms. The molecule has 0 unspecified atom stereocenters. The maximum atomic E-state index is 12.6. The first-order chi connectivity index (χ1) is 12.5. The highest BCUT2D eigenvalue weighted by atomic mass is 16.2. The molecule has 2 amide bonds. The van der Waals surface area contributed by atoms with Crippen molar-refractivity contribution in [2.45, 2.75) is 33.6 Å². The van der Waals surface area contributed by atoms with Gasteiger partial charge in [-0.05, 0) is 36.1 Å². The first-order valence-corrected chi connectivity index (χ1v) is 8.69. The van der Waals surface area contributed by atoms with Crippen LogP contribution in [0.2, 0.25) is 0 Å². The summed E-state index contributed by atoms with van der Waals surface area (Å²) in [5.41, 5.74) is 3.74. The third-order valence-corrected chi connectivity index (χ3v) is 4.26. The molecule has 1 N–H and O–H groups in total. The SMILES string of the molecule is CCc1cccc(CC)c1NC(=O)CN(C(C)=O)c1ccccc1C#N. The molecule has 0 fully saturated rings. The number of nitriles is 1. The molecule has 2 aromatic carbocycles. The molecule has 0 atom stereocenters. The Hall–Kier alpha value is -3.13. The van der Waals surface area contributed by atoms with Gasteiger partial charge in [0.2, 0.25) is 11.8 Å². The van der Waals surface area contributed by atoms with Gasteiger partial charge in [0.25, 0.3) is 0 Å². The van der Waals surface area contributed by atoms with Crippen LogP contribution >= 0.6 is 0 Å². The molecule has 5 nitrogen and oxygen atoms in total. The van der Waals surface area contributed by atoms with Crippen molar-refractivity contribution in [3.05, 3.63) is 59.2 Å². The van der Waals surface area contributed by atoms with Crippen molar-refractivity contribution in [2.75, 3.05) is 16.8 Å². The van der Waals surface area contributed by atoms with E-state index in [2.05, 4.69) is 11.4 Å². The van der Waals surface area contributed by atoms with Crippen LogP contribution in [0.3, 0.4) is 0 Å². The summed E-state index contributed by atoms with van der Waals surface area (Å²) in [6, 6.07) is 14.8. The number of hydrogen-bond acceptors (Lipinski definition) is 3. The first kappa shape index (κ1) is 19.2. The quantitative estimate of drug-likeness (QED) is 0.864. The molecule has 0 bridgehead atoms. The Kier molecular flexibility index (Phi) is 6.51. The molecule has 2 aromatic rings. The molecule has 0 aliphatic carbocycles. The predicted molar refractivity (Wildman–Crippen MR) is 103 cm³/mol. The third-order valence-electron chi connectivity index (χ3n) is 4.26. The lowest BCUT2D eigenvalue weighted by Gasteiger charge is -2.22. The van der Waals surface area contributed by atoms with E-state index in [1.165, 1.54) is 11.8 Å². The highest BCUT2D eigenvalue weighted by molar-refractivity contribution is 6.03. The second-order valence-corrected chi connectivity index (χ2v) is 5.94. The van der Waals surface area contributed by atoms with Crippen LogP contribution in [0.4, 0.5) is 11.4 Å². The Balaban J connectivity index is 2.28. The topological polar surface area (TPSA) is 73.2 Å². The number of para-hydroxylation sites is 2. The average Bonchev–Trinajstić information content (AvgIpc) is 2.66. The number of carbonyl (C=O) groups is 2. The van der Waals surface area contributed by atoms with Crippen molar-refractivity contribution >= 4 is 23.2 Å². The normalized spacial score (nSPS) is 10.1. The zero-order valence-electron chi connectivity index (χ0n) is 15.4. The molecule has 0 aromatic heterocycles. The molecule has 0 heterocycles. The molecule has 2 rings (SSSR count). The standard InChI is InChI=1S/C21H23N3O2/c1-4-16-10-8-11-17(5-2)21(16)23-20(26)14-24(15(3)25)19-12-7-6-9-18(19)13-22/h6-12H,4-5,14H2,1-3H3,(H,23,26). The lowest BCUT2D eigenvalue weighted by molar-refractivity contribution is -0.120. The van der Waals surface area contributed by atoms with E-state index in [1.807, 2.05) is 32.0 Å². The van der Waals surface area contributed by atoms with Crippen molar-refractivity contribution < 1.29 is 9.59 Å². The molecule has 0 aliphatic heterocycles. The van der Waals surface area contributed by atoms with E-state index in [9.17, 15) is 14.9 Å². The molecule has 26 heavy (non-hydrogen) atoms. The van der Waals surface area contributed by atoms with Crippen LogP contribution in [0.15, 0.2) is 42.5 Å². The van der Waals surface area contributed by atoms with Crippen LogP contribution < -0.4 is 10.2 Å². The largest absolute Gasteiger partial charge is 0.324 e. The highest BCUT2D eigenvalue weighted by Crippen LogP contribution is 2.24. The number of nitrogens with one attached hydrogen (secondary N) is 1. The summed E-state index contributed by atoms with van der Waals surface area (Å²) in [4.78, 5) is 26.1. The van der Waals surface area contributed by atoms with Crippen LogP contribution in [0.1, 0.15) is 37.5 Å². The number of nitrogens with zero attached hydrogens (tertiary/aromatic N) is 2. The smallest absolute Gasteiger partial charge is 0.244 e. The summed E-state index contributed by atoms with van der Waals surface area (Å²) >= 11 is 0. The lowest BCUT2D eigenvalue weighted by Crippen LogP contribution is -2.37. The number of aryl methyl sites for hydroxylation is 2. The van der Waals surface area contributed by atoms with E-state index >= 15 is 0 Å². The fourth-order valence-corrected chi connectivity index (χ4v) is 2.90. The molecule has 0 saturated carbocycles. The van der Waals surface area contributed by atoms with E-state index in [0.717, 1.165) is 29.7 Å². The lowest BCUT2D eigenvalue weighted by atomic mass is 10.0. The number of anilines is 2. The van der Waals surface area contributed by atoms with Crippen LogP contribution in [-0.4, -0.2) is 18.4 Å². The number of hydrogen-bond donors (Lipinski definition) is 1. The summed E-state index contributed by atoms with van der Waals surface area (Å²) in [5.74, 6) is -0.578. The molecule has 0 radical (unpaired) electrons. The van der Waals surface area contributed by atoms with Gasteiger partial charge in [0.1, 0.15) is 12.6 Å². The molecule has 134 valence electrons. The zero-order chi connectivity index (χ0) is 19.1. The van der Waals surface area contributed by atoms with Gasteiger partial charge in [-0.3, -0.25) is 9.59 Å². The van der Waals surface area contributed by atoms with E-state index in [0.29, 0.717) is 11.3 Å². The third kappa shape index (κ3) is 4.28. The van der Waals surface area contributed by atoms with E-state index in [1.54, 1.807) is 24.3 Å². The van der Waals surface area contributed by atoms with Gasteiger partial charge in [0.15, 0.2) is 0 Å². The Morgan fingerprint density at radius 3 is 2.19 bits per heavy atom. The summed E-state index contributed by atoms with van der Waals surface area (Å²) < 4.78 is 0. The summed E-state index contributed by atoms with van der Waals surface area (Å²) in [6.07, 6.45) is 1.61. The number of amides is 2. The highest BCUT2D eigenvalue weighted by Gasteiger charge is 2.19. The molecular formula is C21H23N3O2. The monoisotopic (exact) mass is 349 g/mol. The number of benzene rings is 2. The first-order valence-electron chi connectivity index (χ1n) is 8.69. The van der Waals surface area contributed by atoms with Crippen molar-refractivity contribution in [2.24, 2.45) is 0 Å². The van der Waals surface area contributed by atoms with Crippen LogP contribution in [0, 0.1) is 11.3 Å². The molecule has 5 heteroatoms. The fourth-order valence-electron chi connectivity index (χ4n) is 2.90. The Morgan fingerprint density at radius 1 is 1.04 bits per heavy atom. The minimum absolute atomic E-state index is 0.144.